The first-order chi connectivity index (χ1) is 14.2. The SMILES string of the molecule is CC1CCN(C(=O)c2cnc(Nc3ccc(Oc4ccccc4)cc3)nc2)CC1. The van der Waals surface area contributed by atoms with E-state index in [1.165, 1.54) is 0 Å². The summed E-state index contributed by atoms with van der Waals surface area (Å²) in [5.74, 6) is 2.68. The fourth-order valence-electron chi connectivity index (χ4n) is 3.26. The van der Waals surface area contributed by atoms with Gasteiger partial charge >= 0.3 is 0 Å². The molecular formula is C23H24N4O2. The molecule has 0 spiro atoms. The molecule has 0 atom stereocenters. The van der Waals surface area contributed by atoms with Crippen LogP contribution in [0.5, 0.6) is 11.5 Å². The van der Waals surface area contributed by atoms with Gasteiger partial charge in [0.2, 0.25) is 5.95 Å². The number of aromatic nitrogens is 2. The van der Waals surface area contributed by atoms with E-state index in [4.69, 9.17) is 4.74 Å². The highest BCUT2D eigenvalue weighted by Gasteiger charge is 2.21. The molecule has 1 aliphatic rings. The van der Waals surface area contributed by atoms with E-state index in [0.29, 0.717) is 17.4 Å². The molecule has 6 nitrogen and oxygen atoms in total. The number of para-hydroxylation sites is 1. The third kappa shape index (κ3) is 4.90. The summed E-state index contributed by atoms with van der Waals surface area (Å²) in [5, 5.41) is 3.14. The van der Waals surface area contributed by atoms with Crippen molar-refractivity contribution in [1.29, 1.82) is 0 Å². The topological polar surface area (TPSA) is 67.4 Å². The summed E-state index contributed by atoms with van der Waals surface area (Å²) in [6.45, 7) is 3.83. The standard InChI is InChI=1S/C23H24N4O2/c1-17-11-13-27(14-12-17)22(28)18-15-24-23(25-16-18)26-19-7-9-21(10-8-19)29-20-5-3-2-4-6-20/h2-10,15-17H,11-14H2,1H3,(H,24,25,26). The Hall–Kier alpha value is -3.41. The number of piperidine rings is 1. The molecule has 4 rings (SSSR count). The van der Waals surface area contributed by atoms with Crippen LogP contribution >= 0.6 is 0 Å². The van der Waals surface area contributed by atoms with Crippen LogP contribution in [0.1, 0.15) is 30.1 Å². The lowest BCUT2D eigenvalue weighted by molar-refractivity contribution is 0.0696. The van der Waals surface area contributed by atoms with Crippen molar-refractivity contribution in [2.45, 2.75) is 19.8 Å². The highest BCUT2D eigenvalue weighted by atomic mass is 16.5. The Morgan fingerprint density at radius 3 is 2.24 bits per heavy atom. The van der Waals surface area contributed by atoms with E-state index in [1.54, 1.807) is 12.4 Å². The van der Waals surface area contributed by atoms with E-state index >= 15 is 0 Å². The number of rotatable bonds is 5. The predicted octanol–water partition coefficient (Wildman–Crippen LogP) is 4.88. The molecule has 1 aliphatic heterocycles. The van der Waals surface area contributed by atoms with Gasteiger partial charge in [-0.3, -0.25) is 4.79 Å². The van der Waals surface area contributed by atoms with Crippen molar-refractivity contribution < 1.29 is 9.53 Å². The van der Waals surface area contributed by atoms with Crippen molar-refractivity contribution >= 4 is 17.5 Å². The molecule has 1 fully saturated rings. The van der Waals surface area contributed by atoms with E-state index in [9.17, 15) is 4.79 Å². The van der Waals surface area contributed by atoms with Gasteiger partial charge in [-0.25, -0.2) is 9.97 Å². The highest BCUT2D eigenvalue weighted by molar-refractivity contribution is 5.93. The Balaban J connectivity index is 1.35. The first kappa shape index (κ1) is 18.9. The zero-order chi connectivity index (χ0) is 20.1. The number of anilines is 2. The zero-order valence-electron chi connectivity index (χ0n) is 16.4. The summed E-state index contributed by atoms with van der Waals surface area (Å²) < 4.78 is 5.79. The second kappa shape index (κ2) is 8.73. The van der Waals surface area contributed by atoms with Gasteiger partial charge in [-0.2, -0.15) is 0 Å². The third-order valence-electron chi connectivity index (χ3n) is 5.06. The summed E-state index contributed by atoms with van der Waals surface area (Å²) in [7, 11) is 0. The van der Waals surface area contributed by atoms with Crippen LogP contribution in [-0.2, 0) is 0 Å². The van der Waals surface area contributed by atoms with Crippen LogP contribution in [0.25, 0.3) is 0 Å². The van der Waals surface area contributed by atoms with Crippen LogP contribution < -0.4 is 10.1 Å². The van der Waals surface area contributed by atoms with Crippen molar-refractivity contribution in [2.75, 3.05) is 18.4 Å². The van der Waals surface area contributed by atoms with Crippen molar-refractivity contribution in [2.24, 2.45) is 5.92 Å². The first-order valence-corrected chi connectivity index (χ1v) is 9.89. The number of carbonyl (C=O) groups excluding carboxylic acids is 1. The van der Waals surface area contributed by atoms with E-state index in [2.05, 4.69) is 22.2 Å². The van der Waals surface area contributed by atoms with Crippen molar-refractivity contribution in [3.63, 3.8) is 0 Å². The monoisotopic (exact) mass is 388 g/mol. The number of hydrogen-bond donors (Lipinski definition) is 1. The minimum Gasteiger partial charge on any atom is -0.457 e. The summed E-state index contributed by atoms with van der Waals surface area (Å²) >= 11 is 0. The number of nitrogens with one attached hydrogen (secondary N) is 1. The number of nitrogens with zero attached hydrogens (tertiary/aromatic N) is 3. The van der Waals surface area contributed by atoms with Crippen LogP contribution in [-0.4, -0.2) is 33.9 Å². The molecule has 0 unspecified atom stereocenters. The summed E-state index contributed by atoms with van der Waals surface area (Å²) in [4.78, 5) is 23.0. The molecule has 2 aromatic carbocycles. The van der Waals surface area contributed by atoms with E-state index in [-0.39, 0.29) is 5.91 Å². The lowest BCUT2D eigenvalue weighted by Crippen LogP contribution is -2.38. The lowest BCUT2D eigenvalue weighted by Gasteiger charge is -2.30. The predicted molar refractivity (Wildman–Crippen MR) is 113 cm³/mol. The Kier molecular flexibility index (Phi) is 5.70. The molecule has 1 amide bonds. The molecule has 0 radical (unpaired) electrons. The number of carbonyl (C=O) groups is 1. The quantitative estimate of drug-likeness (QED) is 0.674. The van der Waals surface area contributed by atoms with Gasteiger partial charge in [-0.1, -0.05) is 25.1 Å². The first-order valence-electron chi connectivity index (χ1n) is 9.89. The molecule has 0 aliphatic carbocycles. The fourth-order valence-corrected chi connectivity index (χ4v) is 3.26. The number of benzene rings is 2. The van der Waals surface area contributed by atoms with Crippen molar-refractivity contribution in [1.82, 2.24) is 14.9 Å². The zero-order valence-corrected chi connectivity index (χ0v) is 16.4. The molecule has 0 bridgehead atoms. The number of hydrogen-bond acceptors (Lipinski definition) is 5. The van der Waals surface area contributed by atoms with Crippen LogP contribution in [0.15, 0.2) is 67.0 Å². The Bertz CT molecular complexity index is 935. The molecule has 148 valence electrons. The third-order valence-corrected chi connectivity index (χ3v) is 5.06. The summed E-state index contributed by atoms with van der Waals surface area (Å²) in [6, 6.07) is 17.2. The van der Waals surface area contributed by atoms with Gasteiger partial charge in [0.1, 0.15) is 11.5 Å². The van der Waals surface area contributed by atoms with Crippen LogP contribution in [0.3, 0.4) is 0 Å². The molecule has 3 aromatic rings. The van der Waals surface area contributed by atoms with Gasteiger partial charge in [0, 0.05) is 31.2 Å². The van der Waals surface area contributed by atoms with E-state index < -0.39 is 0 Å². The molecule has 29 heavy (non-hydrogen) atoms. The number of amides is 1. The maximum atomic E-state index is 12.6. The second-order valence-electron chi connectivity index (χ2n) is 7.33. The highest BCUT2D eigenvalue weighted by Crippen LogP contribution is 2.24. The molecular weight excluding hydrogens is 364 g/mol. The maximum absolute atomic E-state index is 12.6. The van der Waals surface area contributed by atoms with Gasteiger partial charge in [0.05, 0.1) is 5.56 Å². The minimum atomic E-state index is 0.00543. The molecule has 1 N–H and O–H groups in total. The lowest BCUT2D eigenvalue weighted by atomic mass is 9.99. The van der Waals surface area contributed by atoms with Crippen LogP contribution in [0.4, 0.5) is 11.6 Å². The number of likely N-dealkylation sites (tertiary alicyclic amines) is 1. The van der Waals surface area contributed by atoms with Gasteiger partial charge in [0.15, 0.2) is 0 Å². The summed E-state index contributed by atoms with van der Waals surface area (Å²) in [6.07, 6.45) is 5.28. The Labute approximate surface area is 170 Å². The minimum absolute atomic E-state index is 0.00543. The normalized spacial score (nSPS) is 14.4. The Morgan fingerprint density at radius 2 is 1.59 bits per heavy atom. The summed E-state index contributed by atoms with van der Waals surface area (Å²) in [5.41, 5.74) is 1.37. The van der Waals surface area contributed by atoms with Crippen molar-refractivity contribution in [3.05, 3.63) is 72.6 Å². The van der Waals surface area contributed by atoms with Gasteiger partial charge in [-0.15, -0.1) is 0 Å². The number of ether oxygens (including phenoxy) is 1. The molecule has 6 heteroatoms. The largest absolute Gasteiger partial charge is 0.457 e. The molecule has 1 aromatic heterocycles. The van der Waals surface area contributed by atoms with E-state index in [1.807, 2.05) is 59.5 Å². The van der Waals surface area contributed by atoms with Gasteiger partial charge in [0.25, 0.3) is 5.91 Å². The van der Waals surface area contributed by atoms with E-state index in [0.717, 1.165) is 43.1 Å². The maximum Gasteiger partial charge on any atom is 0.256 e. The average molecular weight is 388 g/mol. The Morgan fingerprint density at radius 1 is 0.966 bits per heavy atom. The smallest absolute Gasteiger partial charge is 0.256 e. The fraction of sp³-hybridized carbons (Fsp3) is 0.261. The average Bonchev–Trinajstić information content (AvgIpc) is 2.76. The molecule has 2 heterocycles. The second-order valence-corrected chi connectivity index (χ2v) is 7.33. The van der Waals surface area contributed by atoms with Crippen LogP contribution in [0, 0.1) is 5.92 Å². The molecule has 0 saturated carbocycles. The molecule has 1 saturated heterocycles. The van der Waals surface area contributed by atoms with Crippen molar-refractivity contribution in [3.8, 4) is 11.5 Å². The van der Waals surface area contributed by atoms with Crippen LogP contribution in [0.2, 0.25) is 0 Å². The van der Waals surface area contributed by atoms with Gasteiger partial charge < -0.3 is 15.0 Å². The van der Waals surface area contributed by atoms with Gasteiger partial charge in [-0.05, 0) is 55.2 Å².